The average Bonchev–Trinajstić information content (AvgIpc) is 2.41. The number of rotatable bonds is 1. The maximum Gasteiger partial charge on any atom is 0.0765 e. The first-order valence-corrected chi connectivity index (χ1v) is 5.45. The van der Waals surface area contributed by atoms with Crippen molar-refractivity contribution in [3.8, 4) is 0 Å². The fourth-order valence-electron chi connectivity index (χ4n) is 1.71. The summed E-state index contributed by atoms with van der Waals surface area (Å²) in [5, 5.41) is 7.62. The summed E-state index contributed by atoms with van der Waals surface area (Å²) in [6.45, 7) is 4.24. The Labute approximate surface area is 89.7 Å². The van der Waals surface area contributed by atoms with Crippen LogP contribution in [0, 0.1) is 5.92 Å². The van der Waals surface area contributed by atoms with Crippen molar-refractivity contribution in [2.45, 2.75) is 13.3 Å². The van der Waals surface area contributed by atoms with Crippen LogP contribution >= 0.6 is 11.6 Å². The lowest BCUT2D eigenvalue weighted by Crippen LogP contribution is -2.17. The van der Waals surface area contributed by atoms with Gasteiger partial charge in [0.2, 0.25) is 0 Å². The first-order chi connectivity index (χ1) is 6.81. The number of hydrogen-bond acceptors (Lipinski definition) is 2. The number of halogens is 1. The van der Waals surface area contributed by atoms with Crippen LogP contribution < -0.4 is 10.6 Å². The molecule has 2 nitrogen and oxygen atoms in total. The molecule has 76 valence electrons. The molecule has 3 heteroatoms. The molecule has 1 heterocycles. The summed E-state index contributed by atoms with van der Waals surface area (Å²) in [5.74, 6) is 0.679. The van der Waals surface area contributed by atoms with Crippen molar-refractivity contribution in [1.82, 2.24) is 0 Å². The summed E-state index contributed by atoms with van der Waals surface area (Å²) in [6.07, 6.45) is 1.19. The molecule has 0 aliphatic carbocycles. The minimum Gasteiger partial charge on any atom is -0.383 e. The Kier molecular flexibility index (Phi) is 2.82. The largest absolute Gasteiger partial charge is 0.383 e. The number of para-hydroxylation sites is 1. The van der Waals surface area contributed by atoms with Crippen LogP contribution in [-0.2, 0) is 0 Å². The Morgan fingerprint density at radius 1 is 1.36 bits per heavy atom. The molecule has 1 atom stereocenters. The molecule has 0 saturated carbocycles. The number of fused-ring (bicyclic) bond motifs is 1. The number of anilines is 2. The predicted molar refractivity (Wildman–Crippen MR) is 62.2 cm³/mol. The van der Waals surface area contributed by atoms with Gasteiger partial charge in [-0.05, 0) is 24.5 Å². The third kappa shape index (κ3) is 1.80. The Hall–Kier alpha value is -0.890. The van der Waals surface area contributed by atoms with Crippen molar-refractivity contribution in [2.75, 3.05) is 23.7 Å². The van der Waals surface area contributed by atoms with Gasteiger partial charge in [0.15, 0.2) is 0 Å². The van der Waals surface area contributed by atoms with Gasteiger partial charge < -0.3 is 10.6 Å². The van der Waals surface area contributed by atoms with Gasteiger partial charge in [-0.25, -0.2) is 0 Å². The highest BCUT2D eigenvalue weighted by Gasteiger charge is 2.14. The Bertz CT molecular complexity index is 325. The average molecular weight is 211 g/mol. The van der Waals surface area contributed by atoms with Gasteiger partial charge in [0, 0.05) is 13.1 Å². The van der Waals surface area contributed by atoms with Gasteiger partial charge >= 0.3 is 0 Å². The minimum absolute atomic E-state index is 0.679. The van der Waals surface area contributed by atoms with E-state index in [2.05, 4.69) is 23.6 Å². The van der Waals surface area contributed by atoms with Gasteiger partial charge in [-0.3, -0.25) is 0 Å². The third-order valence-corrected chi connectivity index (χ3v) is 3.05. The molecule has 14 heavy (non-hydrogen) atoms. The second-order valence-electron chi connectivity index (χ2n) is 3.70. The molecule has 1 aliphatic heterocycles. The van der Waals surface area contributed by atoms with Gasteiger partial charge in [0.05, 0.1) is 16.4 Å². The van der Waals surface area contributed by atoms with Gasteiger partial charge in [-0.1, -0.05) is 24.6 Å². The lowest BCUT2D eigenvalue weighted by Gasteiger charge is -2.10. The smallest absolute Gasteiger partial charge is 0.0765 e. The molecule has 0 saturated heterocycles. The van der Waals surface area contributed by atoms with Crippen LogP contribution in [0.25, 0.3) is 0 Å². The van der Waals surface area contributed by atoms with Crippen LogP contribution in [0.15, 0.2) is 18.2 Å². The Morgan fingerprint density at radius 3 is 2.93 bits per heavy atom. The molecule has 1 aromatic rings. The van der Waals surface area contributed by atoms with Crippen molar-refractivity contribution in [3.05, 3.63) is 23.2 Å². The highest BCUT2D eigenvalue weighted by atomic mass is 35.5. The van der Waals surface area contributed by atoms with Crippen LogP contribution in [0.3, 0.4) is 0 Å². The van der Waals surface area contributed by atoms with Gasteiger partial charge in [-0.15, -0.1) is 0 Å². The van der Waals surface area contributed by atoms with E-state index in [1.807, 2.05) is 12.1 Å². The van der Waals surface area contributed by atoms with E-state index in [1.54, 1.807) is 0 Å². The minimum atomic E-state index is 0.679. The van der Waals surface area contributed by atoms with Gasteiger partial charge in [-0.2, -0.15) is 0 Å². The third-order valence-electron chi connectivity index (χ3n) is 2.74. The Balaban J connectivity index is 2.25. The normalized spacial score (nSPS) is 20.3. The van der Waals surface area contributed by atoms with Crippen molar-refractivity contribution in [3.63, 3.8) is 0 Å². The first-order valence-electron chi connectivity index (χ1n) is 5.07. The summed E-state index contributed by atoms with van der Waals surface area (Å²) < 4.78 is 0. The molecule has 1 aliphatic rings. The lowest BCUT2D eigenvalue weighted by atomic mass is 10.1. The SMILES string of the molecule is CCC1CNc2cccc(Cl)c2NC1. The zero-order chi connectivity index (χ0) is 9.97. The molecule has 0 aromatic heterocycles. The zero-order valence-electron chi connectivity index (χ0n) is 8.31. The Morgan fingerprint density at radius 2 is 2.14 bits per heavy atom. The van der Waals surface area contributed by atoms with Crippen molar-refractivity contribution >= 4 is 23.0 Å². The fraction of sp³-hybridized carbons (Fsp3) is 0.455. The molecule has 1 unspecified atom stereocenters. The highest BCUT2D eigenvalue weighted by Crippen LogP contribution is 2.32. The molecular weight excluding hydrogens is 196 g/mol. The molecule has 2 N–H and O–H groups in total. The predicted octanol–water partition coefficient (Wildman–Crippen LogP) is 3.20. The number of benzene rings is 1. The summed E-state index contributed by atoms with van der Waals surface area (Å²) in [6, 6.07) is 5.95. The van der Waals surface area contributed by atoms with E-state index in [1.165, 1.54) is 6.42 Å². The summed E-state index contributed by atoms with van der Waals surface area (Å²) in [4.78, 5) is 0. The molecule has 0 bridgehead atoms. The number of nitrogens with one attached hydrogen (secondary N) is 2. The molecule has 2 rings (SSSR count). The van der Waals surface area contributed by atoms with Crippen LogP contribution in [0.1, 0.15) is 13.3 Å². The zero-order valence-corrected chi connectivity index (χ0v) is 9.06. The fourth-order valence-corrected chi connectivity index (χ4v) is 1.95. The molecular formula is C11H15ClN2. The van der Waals surface area contributed by atoms with E-state index in [0.29, 0.717) is 5.92 Å². The van der Waals surface area contributed by atoms with E-state index in [0.717, 1.165) is 29.5 Å². The standard InChI is InChI=1S/C11H15ClN2/c1-2-8-6-13-10-5-3-4-9(12)11(10)14-7-8/h3-5,8,13-14H,2,6-7H2,1H3. The van der Waals surface area contributed by atoms with E-state index >= 15 is 0 Å². The topological polar surface area (TPSA) is 24.1 Å². The maximum atomic E-state index is 6.10. The van der Waals surface area contributed by atoms with Crippen molar-refractivity contribution in [2.24, 2.45) is 5.92 Å². The van der Waals surface area contributed by atoms with Crippen molar-refractivity contribution < 1.29 is 0 Å². The second kappa shape index (κ2) is 4.09. The van der Waals surface area contributed by atoms with E-state index in [9.17, 15) is 0 Å². The second-order valence-corrected chi connectivity index (χ2v) is 4.11. The highest BCUT2D eigenvalue weighted by molar-refractivity contribution is 6.34. The van der Waals surface area contributed by atoms with Gasteiger partial charge in [0.25, 0.3) is 0 Å². The quantitative estimate of drug-likeness (QED) is 0.744. The number of hydrogen-bond donors (Lipinski definition) is 2. The maximum absolute atomic E-state index is 6.10. The first kappa shape index (κ1) is 9.66. The van der Waals surface area contributed by atoms with Crippen LogP contribution in [-0.4, -0.2) is 13.1 Å². The molecule has 0 radical (unpaired) electrons. The van der Waals surface area contributed by atoms with Crippen LogP contribution in [0.5, 0.6) is 0 Å². The van der Waals surface area contributed by atoms with Crippen LogP contribution in [0.2, 0.25) is 5.02 Å². The molecule has 0 fully saturated rings. The van der Waals surface area contributed by atoms with Gasteiger partial charge in [0.1, 0.15) is 0 Å². The van der Waals surface area contributed by atoms with E-state index in [4.69, 9.17) is 11.6 Å². The summed E-state index contributed by atoms with van der Waals surface area (Å²) >= 11 is 6.10. The van der Waals surface area contributed by atoms with E-state index < -0.39 is 0 Å². The molecule has 1 aromatic carbocycles. The monoisotopic (exact) mass is 210 g/mol. The summed E-state index contributed by atoms with van der Waals surface area (Å²) in [7, 11) is 0. The van der Waals surface area contributed by atoms with E-state index in [-0.39, 0.29) is 0 Å². The summed E-state index contributed by atoms with van der Waals surface area (Å²) in [5.41, 5.74) is 2.17. The lowest BCUT2D eigenvalue weighted by molar-refractivity contribution is 0.570. The molecule has 0 amide bonds. The van der Waals surface area contributed by atoms with Crippen LogP contribution in [0.4, 0.5) is 11.4 Å². The van der Waals surface area contributed by atoms with Crippen molar-refractivity contribution in [1.29, 1.82) is 0 Å². The molecule has 0 spiro atoms.